The van der Waals surface area contributed by atoms with Crippen molar-refractivity contribution in [2.75, 3.05) is 19.6 Å². The third-order valence-corrected chi connectivity index (χ3v) is 4.31. The summed E-state index contributed by atoms with van der Waals surface area (Å²) in [6.45, 7) is 3.41. The molecular formula is C12H21N3O. The normalized spacial score (nSPS) is 38.9. The quantitative estimate of drug-likeness (QED) is 0.697. The molecule has 1 amide bonds. The summed E-state index contributed by atoms with van der Waals surface area (Å²) in [5.41, 5.74) is 0. The minimum Gasteiger partial charge on any atom is -0.350 e. The molecule has 16 heavy (non-hydrogen) atoms. The number of amides is 1. The average Bonchev–Trinajstić information content (AvgIpc) is 2.94. The molecule has 3 heterocycles. The van der Waals surface area contributed by atoms with Crippen LogP contribution in [0.15, 0.2) is 0 Å². The summed E-state index contributed by atoms with van der Waals surface area (Å²) < 4.78 is 0. The van der Waals surface area contributed by atoms with Gasteiger partial charge in [-0.2, -0.15) is 0 Å². The lowest BCUT2D eigenvalue weighted by Crippen LogP contribution is -2.48. The number of nitrogens with zero attached hydrogens (tertiary/aromatic N) is 1. The van der Waals surface area contributed by atoms with Crippen molar-refractivity contribution in [1.29, 1.82) is 0 Å². The maximum atomic E-state index is 12.0. The summed E-state index contributed by atoms with van der Waals surface area (Å²) in [5.74, 6) is 0.233. The number of hydrogen-bond donors (Lipinski definition) is 2. The molecule has 0 aliphatic carbocycles. The molecular weight excluding hydrogens is 202 g/mol. The van der Waals surface area contributed by atoms with E-state index >= 15 is 0 Å². The molecule has 90 valence electrons. The number of fused-ring (bicyclic) bond motifs is 1. The van der Waals surface area contributed by atoms with Crippen LogP contribution in [-0.2, 0) is 4.79 Å². The molecule has 0 aromatic rings. The molecule has 3 atom stereocenters. The SMILES string of the molecule is O=C(NC1CCN2CCCC12)C1CCCN1. The second kappa shape index (κ2) is 4.34. The maximum absolute atomic E-state index is 12.0. The van der Waals surface area contributed by atoms with Crippen molar-refractivity contribution < 1.29 is 4.79 Å². The number of hydrogen-bond acceptors (Lipinski definition) is 3. The van der Waals surface area contributed by atoms with Crippen molar-refractivity contribution in [2.45, 2.75) is 50.2 Å². The van der Waals surface area contributed by atoms with Crippen molar-refractivity contribution >= 4 is 5.91 Å². The largest absolute Gasteiger partial charge is 0.350 e. The van der Waals surface area contributed by atoms with E-state index in [1.54, 1.807) is 0 Å². The predicted octanol–water partition coefficient (Wildman–Crippen LogP) is 0.0913. The zero-order valence-corrected chi connectivity index (χ0v) is 9.74. The number of carbonyl (C=O) groups is 1. The lowest BCUT2D eigenvalue weighted by Gasteiger charge is -2.22. The van der Waals surface area contributed by atoms with Crippen LogP contribution in [0.4, 0.5) is 0 Å². The van der Waals surface area contributed by atoms with Crippen LogP contribution in [-0.4, -0.2) is 48.6 Å². The summed E-state index contributed by atoms with van der Waals surface area (Å²) >= 11 is 0. The van der Waals surface area contributed by atoms with E-state index in [2.05, 4.69) is 15.5 Å². The molecule has 3 fully saturated rings. The maximum Gasteiger partial charge on any atom is 0.237 e. The highest BCUT2D eigenvalue weighted by atomic mass is 16.2. The lowest BCUT2D eigenvalue weighted by molar-refractivity contribution is -0.123. The zero-order chi connectivity index (χ0) is 11.0. The van der Waals surface area contributed by atoms with Crippen LogP contribution < -0.4 is 10.6 Å². The number of rotatable bonds is 2. The fourth-order valence-corrected chi connectivity index (χ4v) is 3.44. The minimum absolute atomic E-state index is 0.0791. The smallest absolute Gasteiger partial charge is 0.237 e. The summed E-state index contributed by atoms with van der Waals surface area (Å²) in [6, 6.07) is 1.12. The van der Waals surface area contributed by atoms with Crippen LogP contribution in [0.5, 0.6) is 0 Å². The lowest BCUT2D eigenvalue weighted by atomic mass is 10.1. The van der Waals surface area contributed by atoms with E-state index in [1.807, 2.05) is 0 Å². The van der Waals surface area contributed by atoms with E-state index < -0.39 is 0 Å². The number of carbonyl (C=O) groups excluding carboxylic acids is 1. The van der Waals surface area contributed by atoms with Gasteiger partial charge < -0.3 is 10.6 Å². The van der Waals surface area contributed by atoms with Crippen molar-refractivity contribution in [1.82, 2.24) is 15.5 Å². The molecule has 3 aliphatic rings. The van der Waals surface area contributed by atoms with Gasteiger partial charge in [0.1, 0.15) is 0 Å². The second-order valence-corrected chi connectivity index (χ2v) is 5.30. The molecule has 0 aromatic heterocycles. The number of nitrogens with one attached hydrogen (secondary N) is 2. The fraction of sp³-hybridized carbons (Fsp3) is 0.917. The monoisotopic (exact) mass is 223 g/mol. The van der Waals surface area contributed by atoms with Gasteiger partial charge in [-0.15, -0.1) is 0 Å². The van der Waals surface area contributed by atoms with Gasteiger partial charge in [0.15, 0.2) is 0 Å². The summed E-state index contributed by atoms with van der Waals surface area (Å²) in [4.78, 5) is 14.5. The minimum atomic E-state index is 0.0791. The van der Waals surface area contributed by atoms with Crippen LogP contribution in [0.25, 0.3) is 0 Å². The van der Waals surface area contributed by atoms with Crippen molar-refractivity contribution in [2.24, 2.45) is 0 Å². The first-order valence-corrected chi connectivity index (χ1v) is 6.62. The molecule has 4 heteroatoms. The van der Waals surface area contributed by atoms with Gasteiger partial charge in [-0.3, -0.25) is 9.69 Å². The van der Waals surface area contributed by atoms with Gasteiger partial charge in [0, 0.05) is 18.6 Å². The Labute approximate surface area is 96.8 Å². The van der Waals surface area contributed by atoms with Crippen LogP contribution in [0.3, 0.4) is 0 Å². The van der Waals surface area contributed by atoms with Gasteiger partial charge >= 0.3 is 0 Å². The molecule has 4 nitrogen and oxygen atoms in total. The Balaban J connectivity index is 1.56. The highest BCUT2D eigenvalue weighted by Gasteiger charge is 2.38. The first kappa shape index (κ1) is 10.5. The highest BCUT2D eigenvalue weighted by Crippen LogP contribution is 2.28. The molecule has 0 aromatic carbocycles. The molecule has 3 rings (SSSR count). The van der Waals surface area contributed by atoms with Crippen LogP contribution >= 0.6 is 0 Å². The van der Waals surface area contributed by atoms with Gasteiger partial charge in [-0.1, -0.05) is 0 Å². The molecule has 3 aliphatic heterocycles. The van der Waals surface area contributed by atoms with Gasteiger partial charge in [-0.25, -0.2) is 0 Å². The zero-order valence-electron chi connectivity index (χ0n) is 9.74. The van der Waals surface area contributed by atoms with Gasteiger partial charge in [0.25, 0.3) is 0 Å². The summed E-state index contributed by atoms with van der Waals surface area (Å²) in [7, 11) is 0. The third-order valence-electron chi connectivity index (χ3n) is 4.31. The molecule has 0 spiro atoms. The molecule has 3 unspecified atom stereocenters. The van der Waals surface area contributed by atoms with Crippen molar-refractivity contribution in [3.8, 4) is 0 Å². The summed E-state index contributed by atoms with van der Waals surface area (Å²) in [5, 5.41) is 6.51. The first-order valence-electron chi connectivity index (χ1n) is 6.62. The average molecular weight is 223 g/mol. The van der Waals surface area contributed by atoms with E-state index in [0.717, 1.165) is 25.8 Å². The second-order valence-electron chi connectivity index (χ2n) is 5.30. The Bertz CT molecular complexity index is 275. The molecule has 0 saturated carbocycles. The van der Waals surface area contributed by atoms with Crippen LogP contribution in [0.1, 0.15) is 32.1 Å². The third kappa shape index (κ3) is 1.84. The Hall–Kier alpha value is -0.610. The van der Waals surface area contributed by atoms with Gasteiger partial charge in [-0.05, 0) is 45.2 Å². The van der Waals surface area contributed by atoms with E-state index in [4.69, 9.17) is 0 Å². The Morgan fingerprint density at radius 3 is 2.94 bits per heavy atom. The van der Waals surface area contributed by atoms with Gasteiger partial charge in [0.05, 0.1) is 6.04 Å². The van der Waals surface area contributed by atoms with Crippen molar-refractivity contribution in [3.63, 3.8) is 0 Å². The Kier molecular flexibility index (Phi) is 2.86. The first-order chi connectivity index (χ1) is 7.84. The summed E-state index contributed by atoms with van der Waals surface area (Å²) in [6.07, 6.45) is 5.86. The van der Waals surface area contributed by atoms with Gasteiger partial charge in [0.2, 0.25) is 5.91 Å². The topological polar surface area (TPSA) is 44.4 Å². The molecule has 2 N–H and O–H groups in total. The van der Waals surface area contributed by atoms with Crippen molar-refractivity contribution in [3.05, 3.63) is 0 Å². The molecule has 0 radical (unpaired) electrons. The van der Waals surface area contributed by atoms with E-state index in [9.17, 15) is 4.79 Å². The van der Waals surface area contributed by atoms with E-state index in [1.165, 1.54) is 25.9 Å². The van der Waals surface area contributed by atoms with Crippen LogP contribution in [0.2, 0.25) is 0 Å². The molecule has 3 saturated heterocycles. The molecule has 0 bridgehead atoms. The van der Waals surface area contributed by atoms with E-state index in [0.29, 0.717) is 12.1 Å². The highest BCUT2D eigenvalue weighted by molar-refractivity contribution is 5.82. The van der Waals surface area contributed by atoms with E-state index in [-0.39, 0.29) is 11.9 Å². The fourth-order valence-electron chi connectivity index (χ4n) is 3.44. The standard InChI is InChI=1S/C12H21N3O/c16-12(10-3-1-6-13-10)14-9-5-8-15-7-2-4-11(9)15/h9-11,13H,1-8H2,(H,14,16). The predicted molar refractivity (Wildman–Crippen MR) is 62.2 cm³/mol. The van der Waals surface area contributed by atoms with Crippen LogP contribution in [0, 0.1) is 0 Å². The Morgan fingerprint density at radius 2 is 2.12 bits per heavy atom. The Morgan fingerprint density at radius 1 is 1.19 bits per heavy atom.